The highest BCUT2D eigenvalue weighted by Gasteiger charge is 2.37. The lowest BCUT2D eigenvalue weighted by Crippen LogP contribution is -2.55. The summed E-state index contributed by atoms with van der Waals surface area (Å²) in [7, 11) is 0. The van der Waals surface area contributed by atoms with Crippen molar-refractivity contribution in [3.63, 3.8) is 0 Å². The molecule has 0 bridgehead atoms. The molecule has 1 aromatic rings. The maximum absolute atomic E-state index is 13.4. The van der Waals surface area contributed by atoms with Gasteiger partial charge in [0.15, 0.2) is 0 Å². The van der Waals surface area contributed by atoms with Gasteiger partial charge in [-0.2, -0.15) is 13.2 Å². The van der Waals surface area contributed by atoms with Crippen molar-refractivity contribution in [3.05, 3.63) is 33.9 Å². The van der Waals surface area contributed by atoms with Crippen LogP contribution in [0.2, 0.25) is 0 Å². The Balaban J connectivity index is 1.65. The zero-order valence-electron chi connectivity index (χ0n) is 16.2. The fraction of sp³-hybridized carbons (Fsp3) is 0.632. The molecule has 160 valence electrons. The number of nitrogens with one attached hydrogen (secondary N) is 1. The number of nitro benzene ring substituents is 1. The average molecular weight is 414 g/mol. The molecule has 1 aliphatic carbocycles. The highest BCUT2D eigenvalue weighted by Crippen LogP contribution is 2.39. The van der Waals surface area contributed by atoms with E-state index >= 15 is 0 Å². The largest absolute Gasteiger partial charge is 0.418 e. The molecule has 0 radical (unpaired) electrons. The van der Waals surface area contributed by atoms with Gasteiger partial charge in [-0.25, -0.2) is 0 Å². The molecule has 1 atom stereocenters. The van der Waals surface area contributed by atoms with Gasteiger partial charge >= 0.3 is 6.18 Å². The van der Waals surface area contributed by atoms with E-state index in [2.05, 4.69) is 5.32 Å². The maximum Gasteiger partial charge on any atom is 0.418 e. The third-order valence-electron chi connectivity index (χ3n) is 5.78. The van der Waals surface area contributed by atoms with Gasteiger partial charge in [-0.1, -0.05) is 12.8 Å². The summed E-state index contributed by atoms with van der Waals surface area (Å²) in [5, 5.41) is 13.9. The number of non-ortho nitro benzene ring substituents is 1. The molecule has 0 spiro atoms. The van der Waals surface area contributed by atoms with Gasteiger partial charge in [0.25, 0.3) is 5.69 Å². The first kappa shape index (κ1) is 21.4. The van der Waals surface area contributed by atoms with Crippen LogP contribution in [0.15, 0.2) is 18.2 Å². The molecule has 2 fully saturated rings. The number of benzene rings is 1. The van der Waals surface area contributed by atoms with Crippen molar-refractivity contribution in [1.82, 2.24) is 10.2 Å². The monoisotopic (exact) mass is 414 g/mol. The van der Waals surface area contributed by atoms with E-state index in [-0.39, 0.29) is 23.7 Å². The summed E-state index contributed by atoms with van der Waals surface area (Å²) >= 11 is 0. The van der Waals surface area contributed by atoms with Crippen LogP contribution in [0.4, 0.5) is 24.5 Å². The molecule has 1 saturated heterocycles. The Morgan fingerprint density at radius 3 is 2.38 bits per heavy atom. The second-order valence-corrected chi connectivity index (χ2v) is 7.65. The van der Waals surface area contributed by atoms with Crippen LogP contribution in [0, 0.1) is 10.1 Å². The normalized spacial score (nSPS) is 19.9. The molecule has 29 heavy (non-hydrogen) atoms. The summed E-state index contributed by atoms with van der Waals surface area (Å²) in [5.74, 6) is -0.0448. The van der Waals surface area contributed by atoms with Crippen molar-refractivity contribution in [3.8, 4) is 0 Å². The van der Waals surface area contributed by atoms with Crippen molar-refractivity contribution < 1.29 is 22.9 Å². The molecule has 0 aromatic heterocycles. The molecule has 7 nitrogen and oxygen atoms in total. The first-order valence-electron chi connectivity index (χ1n) is 9.82. The van der Waals surface area contributed by atoms with E-state index in [1.165, 1.54) is 0 Å². The molecule has 1 aromatic carbocycles. The number of nitrogens with zero attached hydrogens (tertiary/aromatic N) is 3. The van der Waals surface area contributed by atoms with Crippen LogP contribution in [-0.4, -0.2) is 54.0 Å². The molecular formula is C19H25F3N4O3. The summed E-state index contributed by atoms with van der Waals surface area (Å²) in [6.45, 7) is 3.30. The van der Waals surface area contributed by atoms with E-state index < -0.39 is 22.4 Å². The number of hydrogen-bond acceptors (Lipinski definition) is 5. The van der Waals surface area contributed by atoms with E-state index in [0.717, 1.165) is 37.8 Å². The fourth-order valence-corrected chi connectivity index (χ4v) is 4.05. The molecule has 1 N–H and O–H groups in total. The number of hydrogen-bond donors (Lipinski definition) is 1. The van der Waals surface area contributed by atoms with Crippen LogP contribution in [-0.2, 0) is 11.0 Å². The Morgan fingerprint density at radius 2 is 1.83 bits per heavy atom. The Hall–Kier alpha value is -2.36. The van der Waals surface area contributed by atoms with Crippen LogP contribution in [0.1, 0.15) is 38.2 Å². The van der Waals surface area contributed by atoms with Gasteiger partial charge in [-0.3, -0.25) is 19.8 Å². The van der Waals surface area contributed by atoms with Gasteiger partial charge in [0.05, 0.1) is 16.5 Å². The van der Waals surface area contributed by atoms with Crippen LogP contribution < -0.4 is 10.2 Å². The van der Waals surface area contributed by atoms with Crippen molar-refractivity contribution in [1.29, 1.82) is 0 Å². The van der Waals surface area contributed by atoms with Gasteiger partial charge in [-0.05, 0) is 25.8 Å². The predicted octanol–water partition coefficient (Wildman–Crippen LogP) is 3.18. The highest BCUT2D eigenvalue weighted by molar-refractivity contribution is 5.81. The standard InChI is InChI=1S/C19H25F3N4O3/c1-13(18(27)23-14-4-2-3-5-14)24-8-10-25(11-9-24)17-7-6-15(26(28)29)12-16(17)19(20,21)22/h6-7,12-14H,2-5,8-11H2,1H3,(H,23,27). The minimum atomic E-state index is -4.69. The van der Waals surface area contributed by atoms with E-state index in [1.807, 2.05) is 11.8 Å². The first-order chi connectivity index (χ1) is 13.7. The lowest BCUT2D eigenvalue weighted by atomic mass is 10.1. The van der Waals surface area contributed by atoms with E-state index in [4.69, 9.17) is 0 Å². The number of anilines is 1. The van der Waals surface area contributed by atoms with Gasteiger partial charge in [0.2, 0.25) is 5.91 Å². The van der Waals surface area contributed by atoms with Crippen molar-refractivity contribution in [2.24, 2.45) is 0 Å². The summed E-state index contributed by atoms with van der Waals surface area (Å²) in [4.78, 5) is 26.0. The van der Waals surface area contributed by atoms with Crippen LogP contribution in [0.25, 0.3) is 0 Å². The third kappa shape index (κ3) is 4.98. The van der Waals surface area contributed by atoms with Crippen LogP contribution >= 0.6 is 0 Å². The lowest BCUT2D eigenvalue weighted by Gasteiger charge is -2.39. The summed E-state index contributed by atoms with van der Waals surface area (Å²) in [6.07, 6.45) is -0.463. The Bertz CT molecular complexity index is 758. The van der Waals surface area contributed by atoms with E-state index in [9.17, 15) is 28.1 Å². The second-order valence-electron chi connectivity index (χ2n) is 7.65. The molecule has 2 aliphatic rings. The fourth-order valence-electron chi connectivity index (χ4n) is 4.05. The molecule has 10 heteroatoms. The molecule has 3 rings (SSSR count). The van der Waals surface area contributed by atoms with Gasteiger partial charge < -0.3 is 10.2 Å². The summed E-state index contributed by atoms with van der Waals surface area (Å²) in [5.41, 5.74) is -1.66. The zero-order chi connectivity index (χ0) is 21.2. The Morgan fingerprint density at radius 1 is 1.21 bits per heavy atom. The molecule has 1 heterocycles. The first-order valence-corrected chi connectivity index (χ1v) is 9.82. The predicted molar refractivity (Wildman–Crippen MR) is 102 cm³/mol. The smallest absolute Gasteiger partial charge is 0.368 e. The lowest BCUT2D eigenvalue weighted by molar-refractivity contribution is -0.385. The molecule has 1 amide bonds. The maximum atomic E-state index is 13.4. The van der Waals surface area contributed by atoms with Crippen molar-refractivity contribution in [2.45, 2.75) is 50.9 Å². The molecule has 1 unspecified atom stereocenters. The number of amides is 1. The number of rotatable bonds is 5. The summed E-state index contributed by atoms with van der Waals surface area (Å²) < 4.78 is 40.3. The number of halogens is 3. The molecule has 1 aliphatic heterocycles. The minimum Gasteiger partial charge on any atom is -0.368 e. The molecular weight excluding hydrogens is 389 g/mol. The Labute approximate surface area is 167 Å². The van der Waals surface area contributed by atoms with Crippen LogP contribution in [0.5, 0.6) is 0 Å². The molecule has 1 saturated carbocycles. The van der Waals surface area contributed by atoms with Crippen LogP contribution in [0.3, 0.4) is 0 Å². The average Bonchev–Trinajstić information content (AvgIpc) is 3.19. The highest BCUT2D eigenvalue weighted by atomic mass is 19.4. The number of carbonyl (C=O) groups is 1. The number of piperazine rings is 1. The van der Waals surface area contributed by atoms with Gasteiger partial charge in [0, 0.05) is 50.0 Å². The number of alkyl halides is 3. The second kappa shape index (κ2) is 8.56. The number of nitro groups is 1. The third-order valence-corrected chi connectivity index (χ3v) is 5.78. The topological polar surface area (TPSA) is 78.7 Å². The quantitative estimate of drug-likeness (QED) is 0.591. The minimum absolute atomic E-state index is 0.0448. The van der Waals surface area contributed by atoms with Gasteiger partial charge in [-0.15, -0.1) is 0 Å². The zero-order valence-corrected chi connectivity index (χ0v) is 16.2. The van der Waals surface area contributed by atoms with E-state index in [0.29, 0.717) is 32.2 Å². The SMILES string of the molecule is CC(C(=O)NC1CCCC1)N1CCN(c2ccc([N+](=O)[O-])cc2C(F)(F)F)CC1. The Kier molecular flexibility index (Phi) is 6.30. The van der Waals surface area contributed by atoms with E-state index in [1.54, 1.807) is 4.90 Å². The van der Waals surface area contributed by atoms with Crippen molar-refractivity contribution in [2.75, 3.05) is 31.1 Å². The van der Waals surface area contributed by atoms with Crippen molar-refractivity contribution >= 4 is 17.3 Å². The van der Waals surface area contributed by atoms with Gasteiger partial charge in [0.1, 0.15) is 0 Å². The number of carbonyl (C=O) groups excluding carboxylic acids is 1. The summed E-state index contributed by atoms with van der Waals surface area (Å²) in [6, 6.07) is 2.71.